The molecule has 2 aliphatic heterocycles. The Labute approximate surface area is 187 Å². The molecule has 2 aromatic rings. The molecule has 1 saturated carbocycles. The maximum atomic E-state index is 13.3. The molecule has 0 unspecified atom stereocenters. The second-order valence-electron chi connectivity index (χ2n) is 8.61. The maximum absolute atomic E-state index is 13.3. The summed E-state index contributed by atoms with van der Waals surface area (Å²) in [5.74, 6) is 1.40. The molecular formula is C25H27N3O2S. The van der Waals surface area contributed by atoms with Crippen molar-refractivity contribution in [3.05, 3.63) is 52.6 Å². The van der Waals surface area contributed by atoms with Gasteiger partial charge >= 0.3 is 0 Å². The predicted octanol–water partition coefficient (Wildman–Crippen LogP) is 5.20. The van der Waals surface area contributed by atoms with E-state index < -0.39 is 0 Å². The van der Waals surface area contributed by atoms with Crippen molar-refractivity contribution in [2.24, 2.45) is 0 Å². The van der Waals surface area contributed by atoms with Gasteiger partial charge in [0, 0.05) is 23.9 Å². The van der Waals surface area contributed by atoms with Crippen LogP contribution in [-0.2, 0) is 4.79 Å². The fourth-order valence-electron chi connectivity index (χ4n) is 5.31. The van der Waals surface area contributed by atoms with E-state index in [9.17, 15) is 10.1 Å². The Hall–Kier alpha value is -2.49. The summed E-state index contributed by atoms with van der Waals surface area (Å²) in [6.45, 7) is 0.608. The van der Waals surface area contributed by atoms with Crippen molar-refractivity contribution in [3.8, 4) is 11.8 Å². The molecule has 1 saturated heterocycles. The number of nitrogens with zero attached hydrogens (tertiary/aromatic N) is 3. The number of amides is 1. The molecule has 0 aromatic heterocycles. The average molecular weight is 434 g/mol. The van der Waals surface area contributed by atoms with Crippen molar-refractivity contribution < 1.29 is 9.53 Å². The standard InChI is InChI=1S/C25H27N3O2S/c1-30-22-12-11-17-7-5-6-10-19(17)24(22)20-13-23(29)28-15-27(18-8-3-2-4-9-18)16-31-25(28)21(20)14-26/h5-7,10-12,18,20H,2-4,8-9,13,15-16H2,1H3/t20-/m1/s1. The highest BCUT2D eigenvalue weighted by Gasteiger charge is 2.41. The Morgan fingerprint density at radius 2 is 1.94 bits per heavy atom. The first-order valence-electron chi connectivity index (χ1n) is 11.1. The van der Waals surface area contributed by atoms with Gasteiger partial charge in [-0.2, -0.15) is 5.26 Å². The topological polar surface area (TPSA) is 56.6 Å². The zero-order valence-corrected chi connectivity index (χ0v) is 18.7. The molecular weight excluding hydrogens is 406 g/mol. The second-order valence-corrected chi connectivity index (χ2v) is 9.54. The normalized spacial score (nSPS) is 23.0. The number of ether oxygens (including phenoxy) is 1. The van der Waals surface area contributed by atoms with Crippen LogP contribution in [0, 0.1) is 11.3 Å². The largest absolute Gasteiger partial charge is 0.496 e. The van der Waals surface area contributed by atoms with Gasteiger partial charge in [-0.05, 0) is 29.7 Å². The second kappa shape index (κ2) is 8.57. The Bertz CT molecular complexity index is 1080. The van der Waals surface area contributed by atoms with Crippen LogP contribution in [0.25, 0.3) is 10.8 Å². The Kier molecular flexibility index (Phi) is 5.64. The summed E-state index contributed by atoms with van der Waals surface area (Å²) in [5.41, 5.74) is 1.65. The molecule has 1 amide bonds. The van der Waals surface area contributed by atoms with Gasteiger partial charge in [-0.25, -0.2) is 0 Å². The third-order valence-electron chi connectivity index (χ3n) is 6.90. The van der Waals surface area contributed by atoms with Crippen molar-refractivity contribution in [2.45, 2.75) is 50.5 Å². The summed E-state index contributed by atoms with van der Waals surface area (Å²) in [6, 6.07) is 15.1. The number of carbonyl (C=O) groups excluding carboxylic acids is 1. The van der Waals surface area contributed by atoms with Gasteiger partial charge in [0.2, 0.25) is 5.91 Å². The van der Waals surface area contributed by atoms with E-state index in [0.29, 0.717) is 24.7 Å². The van der Waals surface area contributed by atoms with Gasteiger partial charge in [-0.1, -0.05) is 61.4 Å². The smallest absolute Gasteiger partial charge is 0.229 e. The number of thioether (sulfide) groups is 1. The SMILES string of the molecule is COc1ccc2ccccc2c1[C@@H]1CC(=O)N2CN(C3CCCCC3)CSC2=C1C#N. The molecule has 160 valence electrons. The van der Waals surface area contributed by atoms with Crippen LogP contribution in [0.2, 0.25) is 0 Å². The van der Waals surface area contributed by atoms with Gasteiger partial charge in [0.1, 0.15) is 5.75 Å². The monoisotopic (exact) mass is 433 g/mol. The van der Waals surface area contributed by atoms with E-state index in [1.54, 1.807) is 18.9 Å². The molecule has 1 atom stereocenters. The van der Waals surface area contributed by atoms with Crippen LogP contribution in [0.5, 0.6) is 5.75 Å². The van der Waals surface area contributed by atoms with Crippen LogP contribution in [0.1, 0.15) is 50.0 Å². The summed E-state index contributed by atoms with van der Waals surface area (Å²) in [6.07, 6.45) is 6.59. The van der Waals surface area contributed by atoms with Gasteiger partial charge in [0.05, 0.1) is 36.3 Å². The maximum Gasteiger partial charge on any atom is 0.229 e. The summed E-state index contributed by atoms with van der Waals surface area (Å²) in [7, 11) is 1.65. The van der Waals surface area contributed by atoms with E-state index in [2.05, 4.69) is 23.1 Å². The van der Waals surface area contributed by atoms with Crippen LogP contribution in [0.15, 0.2) is 47.0 Å². The number of nitriles is 1. The molecule has 1 aliphatic carbocycles. The number of allylic oxidation sites excluding steroid dienone is 1. The van der Waals surface area contributed by atoms with Gasteiger partial charge in [-0.3, -0.25) is 14.6 Å². The molecule has 2 heterocycles. The van der Waals surface area contributed by atoms with Crippen molar-refractivity contribution >= 4 is 28.4 Å². The van der Waals surface area contributed by atoms with E-state index in [0.717, 1.165) is 33.0 Å². The molecule has 6 heteroatoms. The lowest BCUT2D eigenvalue weighted by atomic mass is 9.83. The zero-order chi connectivity index (χ0) is 21.4. The lowest BCUT2D eigenvalue weighted by Gasteiger charge is -2.45. The molecule has 31 heavy (non-hydrogen) atoms. The molecule has 0 spiro atoms. The molecule has 0 N–H and O–H groups in total. The number of methoxy groups -OCH3 is 1. The van der Waals surface area contributed by atoms with Gasteiger partial charge in [0.25, 0.3) is 0 Å². The molecule has 5 rings (SSSR count). The molecule has 0 radical (unpaired) electrons. The van der Waals surface area contributed by atoms with Crippen LogP contribution < -0.4 is 4.74 Å². The first-order chi connectivity index (χ1) is 15.2. The first-order valence-corrected chi connectivity index (χ1v) is 12.1. The lowest BCUT2D eigenvalue weighted by Crippen LogP contribution is -2.51. The quantitative estimate of drug-likeness (QED) is 0.666. The van der Waals surface area contributed by atoms with Gasteiger partial charge in [-0.15, -0.1) is 0 Å². The predicted molar refractivity (Wildman–Crippen MR) is 123 cm³/mol. The van der Waals surface area contributed by atoms with Crippen LogP contribution >= 0.6 is 11.8 Å². The van der Waals surface area contributed by atoms with Crippen molar-refractivity contribution in [1.82, 2.24) is 9.80 Å². The van der Waals surface area contributed by atoms with E-state index >= 15 is 0 Å². The average Bonchev–Trinajstić information content (AvgIpc) is 2.83. The molecule has 5 nitrogen and oxygen atoms in total. The molecule has 3 aliphatic rings. The minimum atomic E-state index is -0.279. The number of carbonyl (C=O) groups is 1. The number of hydrogen-bond acceptors (Lipinski definition) is 5. The minimum Gasteiger partial charge on any atom is -0.496 e. The summed E-state index contributed by atoms with van der Waals surface area (Å²) in [4.78, 5) is 17.6. The van der Waals surface area contributed by atoms with Gasteiger partial charge < -0.3 is 4.74 Å². The molecule has 2 fully saturated rings. The number of hydrogen-bond donors (Lipinski definition) is 0. The summed E-state index contributed by atoms with van der Waals surface area (Å²) in [5, 5.41) is 13.2. The van der Waals surface area contributed by atoms with E-state index in [1.165, 1.54) is 32.1 Å². The van der Waals surface area contributed by atoms with Crippen molar-refractivity contribution in [3.63, 3.8) is 0 Å². The van der Waals surface area contributed by atoms with E-state index in [4.69, 9.17) is 4.74 Å². The van der Waals surface area contributed by atoms with Crippen LogP contribution in [0.4, 0.5) is 0 Å². The minimum absolute atomic E-state index is 0.0991. The summed E-state index contributed by atoms with van der Waals surface area (Å²) < 4.78 is 5.70. The Balaban J connectivity index is 1.55. The third kappa shape index (κ3) is 3.60. The fraction of sp³-hybridized carbons (Fsp3) is 0.440. The molecule has 0 bridgehead atoms. The van der Waals surface area contributed by atoms with E-state index in [1.807, 2.05) is 29.2 Å². The van der Waals surface area contributed by atoms with Crippen molar-refractivity contribution in [1.29, 1.82) is 5.26 Å². The molecule has 2 aromatic carbocycles. The Morgan fingerprint density at radius 1 is 1.13 bits per heavy atom. The van der Waals surface area contributed by atoms with Crippen molar-refractivity contribution in [2.75, 3.05) is 19.7 Å². The highest BCUT2D eigenvalue weighted by molar-refractivity contribution is 8.03. The highest BCUT2D eigenvalue weighted by Crippen LogP contribution is 2.47. The third-order valence-corrected chi connectivity index (χ3v) is 8.08. The number of benzene rings is 2. The highest BCUT2D eigenvalue weighted by atomic mass is 32.2. The number of rotatable bonds is 3. The zero-order valence-electron chi connectivity index (χ0n) is 17.8. The first kappa shape index (κ1) is 20.4. The van der Waals surface area contributed by atoms with E-state index in [-0.39, 0.29) is 11.8 Å². The summed E-state index contributed by atoms with van der Waals surface area (Å²) >= 11 is 1.65. The fourth-order valence-corrected chi connectivity index (χ4v) is 6.55. The van der Waals surface area contributed by atoms with Gasteiger partial charge in [0.15, 0.2) is 0 Å². The van der Waals surface area contributed by atoms with Crippen LogP contribution in [-0.4, -0.2) is 41.4 Å². The number of fused-ring (bicyclic) bond motifs is 2. The lowest BCUT2D eigenvalue weighted by molar-refractivity contribution is -0.132. The Morgan fingerprint density at radius 3 is 2.71 bits per heavy atom. The van der Waals surface area contributed by atoms with Crippen LogP contribution in [0.3, 0.4) is 0 Å².